The molecule has 0 aromatic carbocycles. The summed E-state index contributed by atoms with van der Waals surface area (Å²) in [4.78, 5) is 18.3. The number of nitrogens with one attached hydrogen (secondary N) is 1. The molecule has 1 rings (SSSR count). The van der Waals surface area contributed by atoms with Crippen molar-refractivity contribution in [2.45, 2.75) is 52.7 Å². The smallest absolute Gasteiger partial charge is 0.234 e. The van der Waals surface area contributed by atoms with E-state index in [0.29, 0.717) is 12.6 Å². The molecular formula is C13H25N5O. The molecule has 1 heterocycles. The molecule has 0 fully saturated rings. The Hall–Kier alpha value is -1.43. The Morgan fingerprint density at radius 3 is 2.68 bits per heavy atom. The third-order valence-corrected chi connectivity index (χ3v) is 3.27. The standard InChI is InChI=1S/C13H25N5O/c1-6-11(13-14-9-15-18(13)7-2)16-12(19)8-17(5)10(3)4/h9-11H,6-8H2,1-5H3,(H,16,19). The molecule has 0 spiro atoms. The van der Waals surface area contributed by atoms with E-state index < -0.39 is 0 Å². The normalized spacial score (nSPS) is 13.0. The first kappa shape index (κ1) is 15.6. The molecule has 1 amide bonds. The van der Waals surface area contributed by atoms with Gasteiger partial charge >= 0.3 is 0 Å². The summed E-state index contributed by atoms with van der Waals surface area (Å²) in [6, 6.07) is 0.278. The Bertz CT molecular complexity index is 401. The monoisotopic (exact) mass is 267 g/mol. The summed E-state index contributed by atoms with van der Waals surface area (Å²) in [5.41, 5.74) is 0. The van der Waals surface area contributed by atoms with Crippen LogP contribution in [0.3, 0.4) is 0 Å². The lowest BCUT2D eigenvalue weighted by Crippen LogP contribution is -2.40. The maximum atomic E-state index is 12.0. The minimum absolute atomic E-state index is 0.0219. The molecule has 0 aliphatic rings. The van der Waals surface area contributed by atoms with Crippen LogP contribution in [0.2, 0.25) is 0 Å². The molecule has 0 bridgehead atoms. The summed E-state index contributed by atoms with van der Waals surface area (Å²) in [5.74, 6) is 0.847. The van der Waals surface area contributed by atoms with E-state index >= 15 is 0 Å². The van der Waals surface area contributed by atoms with Gasteiger partial charge in [0, 0.05) is 12.6 Å². The van der Waals surface area contributed by atoms with Crippen molar-refractivity contribution in [1.82, 2.24) is 25.0 Å². The first-order valence-electron chi connectivity index (χ1n) is 6.86. The molecule has 6 nitrogen and oxygen atoms in total. The van der Waals surface area contributed by atoms with Crippen molar-refractivity contribution in [3.05, 3.63) is 12.2 Å². The molecule has 1 aromatic heterocycles. The molecular weight excluding hydrogens is 242 g/mol. The van der Waals surface area contributed by atoms with Gasteiger partial charge in [0.1, 0.15) is 12.2 Å². The number of carbonyl (C=O) groups is 1. The van der Waals surface area contributed by atoms with E-state index in [-0.39, 0.29) is 11.9 Å². The van der Waals surface area contributed by atoms with Gasteiger partial charge in [-0.2, -0.15) is 5.10 Å². The van der Waals surface area contributed by atoms with Gasteiger partial charge in [-0.05, 0) is 34.2 Å². The van der Waals surface area contributed by atoms with Crippen molar-refractivity contribution in [3.63, 3.8) is 0 Å². The van der Waals surface area contributed by atoms with Crippen LogP contribution in [0, 0.1) is 0 Å². The highest BCUT2D eigenvalue weighted by Gasteiger charge is 2.19. The Balaban J connectivity index is 2.65. The molecule has 0 radical (unpaired) electrons. The van der Waals surface area contributed by atoms with Gasteiger partial charge in [-0.15, -0.1) is 0 Å². The Morgan fingerprint density at radius 1 is 1.47 bits per heavy atom. The van der Waals surface area contributed by atoms with E-state index in [1.165, 1.54) is 6.33 Å². The summed E-state index contributed by atoms with van der Waals surface area (Å²) in [6.45, 7) is 9.34. The quantitative estimate of drug-likeness (QED) is 0.806. The number of amides is 1. The second-order valence-corrected chi connectivity index (χ2v) is 4.97. The number of likely N-dealkylation sites (N-methyl/N-ethyl adjacent to an activating group) is 1. The van der Waals surface area contributed by atoms with E-state index in [2.05, 4.69) is 29.2 Å². The summed E-state index contributed by atoms with van der Waals surface area (Å²) in [7, 11) is 1.94. The van der Waals surface area contributed by atoms with Crippen LogP contribution in [-0.4, -0.2) is 45.2 Å². The van der Waals surface area contributed by atoms with E-state index in [0.717, 1.165) is 18.8 Å². The van der Waals surface area contributed by atoms with Gasteiger partial charge < -0.3 is 5.32 Å². The Labute approximate surface area is 115 Å². The largest absolute Gasteiger partial charge is 0.345 e. The molecule has 0 aliphatic heterocycles. The summed E-state index contributed by atoms with van der Waals surface area (Å²) < 4.78 is 1.82. The minimum atomic E-state index is -0.0736. The van der Waals surface area contributed by atoms with Crippen LogP contribution in [0.1, 0.15) is 46.0 Å². The maximum Gasteiger partial charge on any atom is 0.234 e. The SMILES string of the molecule is CCC(NC(=O)CN(C)C(C)C)c1ncnn1CC. The number of aryl methyl sites for hydroxylation is 1. The highest BCUT2D eigenvalue weighted by atomic mass is 16.2. The van der Waals surface area contributed by atoms with Crippen LogP contribution < -0.4 is 5.32 Å². The van der Waals surface area contributed by atoms with Crippen molar-refractivity contribution in [2.75, 3.05) is 13.6 Å². The zero-order valence-corrected chi connectivity index (χ0v) is 12.6. The highest BCUT2D eigenvalue weighted by Crippen LogP contribution is 2.13. The number of rotatable bonds is 7. The lowest BCUT2D eigenvalue weighted by atomic mass is 10.2. The average Bonchev–Trinajstić information content (AvgIpc) is 2.83. The summed E-state index contributed by atoms with van der Waals surface area (Å²) >= 11 is 0. The number of carbonyl (C=O) groups excluding carboxylic acids is 1. The second-order valence-electron chi connectivity index (χ2n) is 4.97. The number of aromatic nitrogens is 3. The molecule has 0 saturated heterocycles. The van der Waals surface area contributed by atoms with E-state index in [1.807, 2.05) is 30.5 Å². The predicted octanol–water partition coefficient (Wildman–Crippen LogP) is 1.21. The molecule has 1 unspecified atom stereocenters. The van der Waals surface area contributed by atoms with Gasteiger partial charge in [0.25, 0.3) is 0 Å². The van der Waals surface area contributed by atoms with Gasteiger partial charge in [0.05, 0.1) is 12.6 Å². The van der Waals surface area contributed by atoms with Crippen LogP contribution in [0.5, 0.6) is 0 Å². The summed E-state index contributed by atoms with van der Waals surface area (Å²) in [6.07, 6.45) is 2.34. The summed E-state index contributed by atoms with van der Waals surface area (Å²) in [5, 5.41) is 7.17. The van der Waals surface area contributed by atoms with Gasteiger partial charge in [-0.1, -0.05) is 6.92 Å². The molecule has 19 heavy (non-hydrogen) atoms. The first-order chi connectivity index (χ1) is 8.99. The molecule has 108 valence electrons. The third-order valence-electron chi connectivity index (χ3n) is 3.27. The van der Waals surface area contributed by atoms with Crippen molar-refractivity contribution < 1.29 is 4.79 Å². The average molecular weight is 267 g/mol. The van der Waals surface area contributed by atoms with Crippen LogP contribution in [0.4, 0.5) is 0 Å². The second kappa shape index (κ2) is 7.23. The van der Waals surface area contributed by atoms with Crippen LogP contribution in [0.25, 0.3) is 0 Å². The van der Waals surface area contributed by atoms with Crippen LogP contribution in [-0.2, 0) is 11.3 Å². The number of hydrogen-bond acceptors (Lipinski definition) is 4. The Morgan fingerprint density at radius 2 is 2.16 bits per heavy atom. The predicted molar refractivity (Wildman–Crippen MR) is 74.6 cm³/mol. The van der Waals surface area contributed by atoms with Gasteiger partial charge in [-0.3, -0.25) is 9.69 Å². The molecule has 6 heteroatoms. The third kappa shape index (κ3) is 4.31. The van der Waals surface area contributed by atoms with E-state index in [1.54, 1.807) is 0 Å². The zero-order chi connectivity index (χ0) is 14.4. The topological polar surface area (TPSA) is 63.1 Å². The molecule has 0 aliphatic carbocycles. The highest BCUT2D eigenvalue weighted by molar-refractivity contribution is 5.78. The van der Waals surface area contributed by atoms with Crippen molar-refractivity contribution in [2.24, 2.45) is 0 Å². The molecule has 1 aromatic rings. The van der Waals surface area contributed by atoms with Crippen molar-refractivity contribution >= 4 is 5.91 Å². The lowest BCUT2D eigenvalue weighted by molar-refractivity contribution is -0.123. The fraction of sp³-hybridized carbons (Fsp3) is 0.769. The lowest BCUT2D eigenvalue weighted by Gasteiger charge is -2.22. The fourth-order valence-corrected chi connectivity index (χ4v) is 1.78. The minimum Gasteiger partial charge on any atom is -0.345 e. The van der Waals surface area contributed by atoms with Gasteiger partial charge in [-0.25, -0.2) is 9.67 Å². The Kier molecular flexibility index (Phi) is 5.95. The van der Waals surface area contributed by atoms with E-state index in [9.17, 15) is 4.79 Å². The van der Waals surface area contributed by atoms with Crippen LogP contribution in [0.15, 0.2) is 6.33 Å². The molecule has 1 atom stereocenters. The zero-order valence-electron chi connectivity index (χ0n) is 12.6. The fourth-order valence-electron chi connectivity index (χ4n) is 1.78. The number of nitrogens with zero attached hydrogens (tertiary/aromatic N) is 4. The first-order valence-corrected chi connectivity index (χ1v) is 6.86. The van der Waals surface area contributed by atoms with Crippen molar-refractivity contribution in [3.8, 4) is 0 Å². The van der Waals surface area contributed by atoms with E-state index in [4.69, 9.17) is 0 Å². The molecule has 0 saturated carbocycles. The van der Waals surface area contributed by atoms with Crippen molar-refractivity contribution in [1.29, 1.82) is 0 Å². The van der Waals surface area contributed by atoms with Gasteiger partial charge in [0.2, 0.25) is 5.91 Å². The van der Waals surface area contributed by atoms with Gasteiger partial charge in [0.15, 0.2) is 0 Å². The number of hydrogen-bond donors (Lipinski definition) is 1. The maximum absolute atomic E-state index is 12.0. The molecule has 1 N–H and O–H groups in total. The van der Waals surface area contributed by atoms with Crippen LogP contribution >= 0.6 is 0 Å².